The van der Waals surface area contributed by atoms with Crippen LogP contribution in [0.1, 0.15) is 49.4 Å². The molecule has 0 saturated heterocycles. The maximum atomic E-state index is 13.2. The highest BCUT2D eigenvalue weighted by Gasteiger charge is 2.05. The van der Waals surface area contributed by atoms with Gasteiger partial charge in [0.1, 0.15) is 10.8 Å². The van der Waals surface area contributed by atoms with Gasteiger partial charge in [0.05, 0.1) is 12.2 Å². The van der Waals surface area contributed by atoms with Gasteiger partial charge in [0.15, 0.2) is 5.96 Å². The predicted octanol–water partition coefficient (Wildman–Crippen LogP) is 4.71. The standard InChI is InChI=1S/C19H27FN4S.HI/c1-4-21-19(23-12-18-24-17(13-25-18)14(2)3)22-10-6-8-15-7-5-9-16(20)11-15;/h5,7,9,11,13-14H,4,6,8,10,12H2,1-3H3,(H2,21,22,23);1H. The zero-order valence-corrected chi connectivity index (χ0v) is 18.7. The Morgan fingerprint density at radius 3 is 2.77 bits per heavy atom. The lowest BCUT2D eigenvalue weighted by Gasteiger charge is -2.11. The molecular weight excluding hydrogens is 462 g/mol. The fraction of sp³-hybridized carbons (Fsp3) is 0.474. The molecule has 0 fully saturated rings. The summed E-state index contributed by atoms with van der Waals surface area (Å²) in [6.45, 7) is 8.52. The summed E-state index contributed by atoms with van der Waals surface area (Å²) in [5, 5.41) is 9.71. The number of nitrogens with zero attached hydrogens (tertiary/aromatic N) is 2. The molecule has 0 spiro atoms. The second-order valence-electron chi connectivity index (χ2n) is 6.18. The highest BCUT2D eigenvalue weighted by Crippen LogP contribution is 2.18. The molecule has 0 bridgehead atoms. The Balaban J connectivity index is 0.00000338. The number of benzene rings is 1. The maximum Gasteiger partial charge on any atom is 0.191 e. The van der Waals surface area contributed by atoms with E-state index in [1.807, 2.05) is 13.0 Å². The molecule has 0 saturated carbocycles. The van der Waals surface area contributed by atoms with Crippen LogP contribution in [0.25, 0.3) is 0 Å². The third kappa shape index (κ3) is 7.99. The van der Waals surface area contributed by atoms with Gasteiger partial charge >= 0.3 is 0 Å². The summed E-state index contributed by atoms with van der Waals surface area (Å²) < 4.78 is 13.2. The van der Waals surface area contributed by atoms with E-state index in [1.54, 1.807) is 23.5 Å². The number of aliphatic imine (C=N–C) groups is 1. The molecule has 1 aromatic carbocycles. The smallest absolute Gasteiger partial charge is 0.191 e. The molecule has 4 nitrogen and oxygen atoms in total. The van der Waals surface area contributed by atoms with Gasteiger partial charge in [-0.05, 0) is 43.4 Å². The van der Waals surface area contributed by atoms with E-state index in [1.165, 1.54) is 6.07 Å². The van der Waals surface area contributed by atoms with Crippen LogP contribution in [0.4, 0.5) is 4.39 Å². The van der Waals surface area contributed by atoms with Crippen molar-refractivity contribution < 1.29 is 4.39 Å². The molecule has 0 unspecified atom stereocenters. The molecule has 26 heavy (non-hydrogen) atoms. The number of aromatic nitrogens is 1. The minimum Gasteiger partial charge on any atom is -0.357 e. The third-order valence-corrected chi connectivity index (χ3v) is 4.55. The average Bonchev–Trinajstić information content (AvgIpc) is 3.06. The summed E-state index contributed by atoms with van der Waals surface area (Å²) in [5.41, 5.74) is 2.15. The second-order valence-corrected chi connectivity index (χ2v) is 7.12. The Morgan fingerprint density at radius 2 is 2.12 bits per heavy atom. The quantitative estimate of drug-likeness (QED) is 0.244. The van der Waals surface area contributed by atoms with Crippen LogP contribution in [0.2, 0.25) is 0 Å². The fourth-order valence-corrected chi connectivity index (χ4v) is 3.22. The van der Waals surface area contributed by atoms with Crippen molar-refractivity contribution in [3.05, 3.63) is 51.7 Å². The highest BCUT2D eigenvalue weighted by molar-refractivity contribution is 14.0. The van der Waals surface area contributed by atoms with Crippen LogP contribution in [0.15, 0.2) is 34.6 Å². The van der Waals surface area contributed by atoms with Crippen molar-refractivity contribution in [3.63, 3.8) is 0 Å². The van der Waals surface area contributed by atoms with E-state index in [2.05, 4.69) is 39.8 Å². The Morgan fingerprint density at radius 1 is 1.31 bits per heavy atom. The Bertz CT molecular complexity index is 688. The van der Waals surface area contributed by atoms with Gasteiger partial charge in [0.25, 0.3) is 0 Å². The summed E-state index contributed by atoms with van der Waals surface area (Å²) >= 11 is 1.66. The van der Waals surface area contributed by atoms with Crippen LogP contribution in [0.3, 0.4) is 0 Å². The van der Waals surface area contributed by atoms with Crippen molar-refractivity contribution in [2.24, 2.45) is 4.99 Å². The summed E-state index contributed by atoms with van der Waals surface area (Å²) in [4.78, 5) is 9.20. The van der Waals surface area contributed by atoms with Crippen LogP contribution < -0.4 is 10.6 Å². The Labute approximate surface area is 176 Å². The average molecular weight is 490 g/mol. The van der Waals surface area contributed by atoms with Crippen LogP contribution in [0, 0.1) is 5.82 Å². The number of guanidine groups is 1. The van der Waals surface area contributed by atoms with E-state index in [0.717, 1.165) is 48.2 Å². The van der Waals surface area contributed by atoms with E-state index in [0.29, 0.717) is 12.5 Å². The van der Waals surface area contributed by atoms with Crippen molar-refractivity contribution in [2.75, 3.05) is 13.1 Å². The molecule has 1 aromatic heterocycles. The predicted molar refractivity (Wildman–Crippen MR) is 119 cm³/mol. The molecule has 7 heteroatoms. The first-order chi connectivity index (χ1) is 12.1. The van der Waals surface area contributed by atoms with Crippen LogP contribution in [0.5, 0.6) is 0 Å². The summed E-state index contributed by atoms with van der Waals surface area (Å²) in [5.74, 6) is 1.07. The first kappa shape index (κ1) is 22.8. The molecule has 0 radical (unpaired) electrons. The normalized spacial score (nSPS) is 11.3. The van der Waals surface area contributed by atoms with Gasteiger partial charge in [-0.1, -0.05) is 26.0 Å². The molecule has 0 aliphatic carbocycles. The van der Waals surface area contributed by atoms with E-state index in [-0.39, 0.29) is 29.8 Å². The largest absolute Gasteiger partial charge is 0.357 e. The number of aryl methyl sites for hydroxylation is 1. The zero-order valence-electron chi connectivity index (χ0n) is 15.6. The molecule has 2 rings (SSSR count). The lowest BCUT2D eigenvalue weighted by atomic mass is 10.1. The van der Waals surface area contributed by atoms with Crippen molar-refractivity contribution in [1.29, 1.82) is 0 Å². The number of nitrogens with one attached hydrogen (secondary N) is 2. The monoisotopic (exact) mass is 490 g/mol. The Kier molecular flexibility index (Phi) is 10.7. The summed E-state index contributed by atoms with van der Waals surface area (Å²) in [7, 11) is 0. The first-order valence-corrected chi connectivity index (χ1v) is 9.67. The number of hydrogen-bond acceptors (Lipinski definition) is 3. The van der Waals surface area contributed by atoms with Crippen LogP contribution in [-0.2, 0) is 13.0 Å². The highest BCUT2D eigenvalue weighted by atomic mass is 127. The zero-order chi connectivity index (χ0) is 18.1. The lowest BCUT2D eigenvalue weighted by Crippen LogP contribution is -2.37. The molecule has 0 amide bonds. The molecule has 1 heterocycles. The van der Waals surface area contributed by atoms with Crippen LogP contribution in [-0.4, -0.2) is 24.0 Å². The van der Waals surface area contributed by atoms with Crippen molar-refractivity contribution >= 4 is 41.3 Å². The van der Waals surface area contributed by atoms with Gasteiger partial charge in [-0.2, -0.15) is 0 Å². The van der Waals surface area contributed by atoms with Gasteiger partial charge in [0.2, 0.25) is 0 Å². The van der Waals surface area contributed by atoms with Gasteiger partial charge in [-0.15, -0.1) is 35.3 Å². The number of hydrogen-bond donors (Lipinski definition) is 2. The minimum atomic E-state index is -0.176. The van der Waals surface area contributed by atoms with Crippen molar-refractivity contribution in [2.45, 2.75) is 46.1 Å². The Hall–Kier alpha value is -1.22. The SMILES string of the molecule is CCNC(=NCc1nc(C(C)C)cs1)NCCCc1cccc(F)c1.I. The summed E-state index contributed by atoms with van der Waals surface area (Å²) in [6, 6.07) is 6.77. The molecule has 0 atom stereocenters. The molecule has 0 aliphatic heterocycles. The molecule has 2 N–H and O–H groups in total. The topological polar surface area (TPSA) is 49.3 Å². The van der Waals surface area contributed by atoms with E-state index in [4.69, 9.17) is 0 Å². The van der Waals surface area contributed by atoms with Crippen molar-refractivity contribution in [1.82, 2.24) is 15.6 Å². The molecule has 0 aliphatic rings. The van der Waals surface area contributed by atoms with Gasteiger partial charge in [-0.25, -0.2) is 14.4 Å². The third-order valence-electron chi connectivity index (χ3n) is 3.70. The van der Waals surface area contributed by atoms with Gasteiger partial charge < -0.3 is 10.6 Å². The van der Waals surface area contributed by atoms with E-state index in [9.17, 15) is 4.39 Å². The molecular formula is C19H28FIN4S. The summed E-state index contributed by atoms with van der Waals surface area (Å²) in [6.07, 6.45) is 1.76. The fourth-order valence-electron chi connectivity index (χ4n) is 2.34. The lowest BCUT2D eigenvalue weighted by molar-refractivity contribution is 0.624. The number of rotatable bonds is 8. The minimum absolute atomic E-state index is 0. The maximum absolute atomic E-state index is 13.2. The second kappa shape index (κ2) is 12.2. The van der Waals surface area contributed by atoms with Gasteiger partial charge in [-0.3, -0.25) is 0 Å². The van der Waals surface area contributed by atoms with Crippen LogP contribution >= 0.6 is 35.3 Å². The number of thiazole rings is 1. The molecule has 2 aromatic rings. The van der Waals surface area contributed by atoms with E-state index < -0.39 is 0 Å². The van der Waals surface area contributed by atoms with E-state index >= 15 is 0 Å². The van der Waals surface area contributed by atoms with Gasteiger partial charge in [0, 0.05) is 18.5 Å². The number of halogens is 2. The molecule has 144 valence electrons. The van der Waals surface area contributed by atoms with Crippen molar-refractivity contribution in [3.8, 4) is 0 Å². The first-order valence-electron chi connectivity index (χ1n) is 8.79.